The first-order valence-corrected chi connectivity index (χ1v) is 9.41. The molecule has 2 aromatic rings. The number of hydrogen-bond donors (Lipinski definition) is 0. The summed E-state index contributed by atoms with van der Waals surface area (Å²) < 4.78 is 0. The number of rotatable bonds is 3. The first kappa shape index (κ1) is 14.3. The van der Waals surface area contributed by atoms with Crippen molar-refractivity contribution >= 4 is 20.3 Å². The highest BCUT2D eigenvalue weighted by Gasteiger charge is 2.34. The molecule has 0 aliphatic carbocycles. The van der Waals surface area contributed by atoms with Gasteiger partial charge in [0.1, 0.15) is 0 Å². The van der Waals surface area contributed by atoms with Crippen molar-refractivity contribution in [3.63, 3.8) is 0 Å². The molecule has 108 valence electrons. The lowest BCUT2D eigenvalue weighted by atomic mass is 9.85. The van der Waals surface area contributed by atoms with E-state index in [0.717, 1.165) is 5.54 Å². The maximum absolute atomic E-state index is 2.37. The summed E-state index contributed by atoms with van der Waals surface area (Å²) in [5.41, 5.74) is 5.77. The minimum absolute atomic E-state index is 0.157. The molecule has 2 aromatic carbocycles. The van der Waals surface area contributed by atoms with Crippen LogP contribution in [0.4, 0.5) is 0 Å². The van der Waals surface area contributed by atoms with Gasteiger partial charge in [-0.15, -0.1) is 0 Å². The van der Waals surface area contributed by atoms with Crippen LogP contribution < -0.4 is 0 Å². The molecule has 0 N–H and O–H groups in total. The second kappa shape index (κ2) is 5.65. The molecular formula is C20H24Si. The molecule has 0 spiro atoms. The first-order valence-electron chi connectivity index (χ1n) is 7.88. The van der Waals surface area contributed by atoms with E-state index in [1.54, 1.807) is 10.8 Å². The summed E-state index contributed by atoms with van der Waals surface area (Å²) in [6.45, 7) is 7.10. The minimum atomic E-state index is -0.157. The molecule has 0 amide bonds. The summed E-state index contributed by atoms with van der Waals surface area (Å²) in [5, 5.41) is 1.68. The van der Waals surface area contributed by atoms with Gasteiger partial charge in [0, 0.05) is 0 Å². The maximum atomic E-state index is 2.37. The van der Waals surface area contributed by atoms with Gasteiger partial charge in [-0.05, 0) is 34.1 Å². The van der Waals surface area contributed by atoms with Gasteiger partial charge in [-0.2, -0.15) is 0 Å². The van der Waals surface area contributed by atoms with Gasteiger partial charge in [-0.1, -0.05) is 86.6 Å². The fraction of sp³-hybridized carbons (Fsp3) is 0.300. The summed E-state index contributed by atoms with van der Waals surface area (Å²) >= 11 is 0. The zero-order chi connectivity index (χ0) is 14.9. The molecule has 1 aliphatic heterocycles. The van der Waals surface area contributed by atoms with Crippen LogP contribution in [0.3, 0.4) is 0 Å². The normalized spacial score (nSPS) is 19.7. The molecule has 3 rings (SSSR count). The van der Waals surface area contributed by atoms with E-state index in [1.807, 2.05) is 0 Å². The van der Waals surface area contributed by atoms with E-state index in [-0.39, 0.29) is 9.52 Å². The van der Waals surface area contributed by atoms with Crippen molar-refractivity contribution in [2.24, 2.45) is 5.41 Å². The van der Waals surface area contributed by atoms with Crippen molar-refractivity contribution in [3.8, 4) is 0 Å². The third-order valence-electron chi connectivity index (χ3n) is 4.25. The van der Waals surface area contributed by atoms with Crippen LogP contribution in [0.25, 0.3) is 10.8 Å². The lowest BCUT2D eigenvalue weighted by molar-refractivity contribution is 0.382. The Bertz CT molecular complexity index is 633. The van der Waals surface area contributed by atoms with Gasteiger partial charge in [0.25, 0.3) is 0 Å². The zero-order valence-electron chi connectivity index (χ0n) is 13.3. The Labute approximate surface area is 130 Å². The van der Waals surface area contributed by atoms with Gasteiger partial charge in [0.2, 0.25) is 0 Å². The van der Waals surface area contributed by atoms with Crippen molar-refractivity contribution < 1.29 is 0 Å². The monoisotopic (exact) mass is 292 g/mol. The molecule has 1 aliphatic rings. The molecule has 0 aromatic heterocycles. The van der Waals surface area contributed by atoms with E-state index in [0.29, 0.717) is 5.41 Å². The van der Waals surface area contributed by atoms with E-state index in [2.05, 4.69) is 81.4 Å². The molecule has 0 bridgehead atoms. The molecule has 0 saturated carbocycles. The molecule has 0 nitrogen and oxygen atoms in total. The second-order valence-electron chi connectivity index (χ2n) is 7.29. The molecule has 0 radical (unpaired) electrons. The first-order chi connectivity index (χ1) is 10.0. The third kappa shape index (κ3) is 3.19. The zero-order valence-corrected chi connectivity index (χ0v) is 14.7. The molecule has 0 saturated heterocycles. The lowest BCUT2D eigenvalue weighted by Gasteiger charge is -2.38. The molecule has 1 heteroatoms. The van der Waals surface area contributed by atoms with Crippen LogP contribution in [-0.4, -0.2) is 9.52 Å². The second-order valence-corrected chi connectivity index (χ2v) is 9.39. The fourth-order valence-corrected chi connectivity index (χ4v) is 6.39. The molecule has 1 heterocycles. The Morgan fingerprint density at radius 3 is 1.86 bits per heavy atom. The van der Waals surface area contributed by atoms with Crippen LogP contribution in [0, 0.1) is 5.41 Å². The Balaban J connectivity index is 2.00. The number of hydrogen-bond acceptors (Lipinski definition) is 0. The highest BCUT2D eigenvalue weighted by molar-refractivity contribution is 6.74. The van der Waals surface area contributed by atoms with E-state index in [1.165, 1.54) is 17.5 Å². The SMILES string of the molecule is CC(C)(C)CC1[SiH2]C(c2ccccc2)=C1c1ccccc1. The van der Waals surface area contributed by atoms with Crippen LogP contribution in [0.15, 0.2) is 60.7 Å². The molecular weight excluding hydrogens is 268 g/mol. The largest absolute Gasteiger partial charge is 0.0636 e. The van der Waals surface area contributed by atoms with E-state index in [9.17, 15) is 0 Å². The number of allylic oxidation sites excluding steroid dienone is 1. The Kier molecular flexibility index (Phi) is 3.86. The van der Waals surface area contributed by atoms with E-state index >= 15 is 0 Å². The van der Waals surface area contributed by atoms with Gasteiger partial charge >= 0.3 is 0 Å². The van der Waals surface area contributed by atoms with Gasteiger partial charge in [0.05, 0.1) is 9.52 Å². The summed E-state index contributed by atoms with van der Waals surface area (Å²) in [4.78, 5) is 0. The van der Waals surface area contributed by atoms with Gasteiger partial charge in [-0.25, -0.2) is 0 Å². The minimum Gasteiger partial charge on any atom is -0.0622 e. The molecule has 0 fully saturated rings. The van der Waals surface area contributed by atoms with Crippen molar-refractivity contribution in [1.82, 2.24) is 0 Å². The Morgan fingerprint density at radius 1 is 0.810 bits per heavy atom. The Morgan fingerprint density at radius 2 is 1.33 bits per heavy atom. The highest BCUT2D eigenvalue weighted by Crippen LogP contribution is 2.49. The molecule has 21 heavy (non-hydrogen) atoms. The van der Waals surface area contributed by atoms with E-state index in [4.69, 9.17) is 0 Å². The Hall–Kier alpha value is -1.60. The molecule has 1 atom stereocenters. The van der Waals surface area contributed by atoms with Crippen LogP contribution in [-0.2, 0) is 0 Å². The quantitative estimate of drug-likeness (QED) is 0.701. The standard InChI is InChI=1S/C20H24Si/c1-20(2,3)14-17-18(15-10-6-4-7-11-15)19(21-17)16-12-8-5-9-13-16/h4-13,17H,14,21H2,1-3H3. The fourth-order valence-electron chi connectivity index (χ4n) is 3.43. The third-order valence-corrected chi connectivity index (χ3v) is 6.64. The maximum Gasteiger partial charge on any atom is 0.0636 e. The van der Waals surface area contributed by atoms with Gasteiger partial charge < -0.3 is 0 Å². The average molecular weight is 292 g/mol. The summed E-state index contributed by atoms with van der Waals surface area (Å²) in [7, 11) is -0.157. The van der Waals surface area contributed by atoms with E-state index < -0.39 is 0 Å². The van der Waals surface area contributed by atoms with Crippen molar-refractivity contribution in [1.29, 1.82) is 0 Å². The van der Waals surface area contributed by atoms with Gasteiger partial charge in [0.15, 0.2) is 0 Å². The van der Waals surface area contributed by atoms with Gasteiger partial charge in [-0.3, -0.25) is 0 Å². The number of benzene rings is 2. The van der Waals surface area contributed by atoms with Crippen LogP contribution in [0.5, 0.6) is 0 Å². The summed E-state index contributed by atoms with van der Waals surface area (Å²) in [6, 6.07) is 22.0. The molecule has 1 unspecified atom stereocenters. The van der Waals surface area contributed by atoms with Crippen molar-refractivity contribution in [3.05, 3.63) is 71.8 Å². The van der Waals surface area contributed by atoms with Crippen LogP contribution in [0.1, 0.15) is 38.3 Å². The van der Waals surface area contributed by atoms with Crippen LogP contribution in [0.2, 0.25) is 5.54 Å². The van der Waals surface area contributed by atoms with Crippen molar-refractivity contribution in [2.45, 2.75) is 32.7 Å². The highest BCUT2D eigenvalue weighted by atomic mass is 28.2. The lowest BCUT2D eigenvalue weighted by Crippen LogP contribution is -2.25. The smallest absolute Gasteiger partial charge is 0.0622 e. The summed E-state index contributed by atoms with van der Waals surface area (Å²) in [6.07, 6.45) is 1.32. The van der Waals surface area contributed by atoms with Crippen LogP contribution >= 0.6 is 0 Å². The average Bonchev–Trinajstić information content (AvgIpc) is 2.44. The predicted octanol–water partition coefficient (Wildman–Crippen LogP) is 4.96. The summed E-state index contributed by atoms with van der Waals surface area (Å²) in [5.74, 6) is 0. The predicted molar refractivity (Wildman–Crippen MR) is 96.1 cm³/mol. The topological polar surface area (TPSA) is 0 Å². The van der Waals surface area contributed by atoms with Crippen molar-refractivity contribution in [2.75, 3.05) is 0 Å².